The number of nitrogens with zero attached hydrogens (tertiary/aromatic N) is 3. The fourth-order valence-electron chi connectivity index (χ4n) is 3.23. The van der Waals surface area contributed by atoms with E-state index >= 15 is 0 Å². The molecule has 6 heteroatoms. The number of hydrogen-bond donors (Lipinski definition) is 0. The van der Waals surface area contributed by atoms with Crippen LogP contribution in [0.15, 0.2) is 77.2 Å². The van der Waals surface area contributed by atoms with Gasteiger partial charge in [-0.05, 0) is 24.5 Å². The zero-order valence-electron chi connectivity index (χ0n) is 14.8. The van der Waals surface area contributed by atoms with Gasteiger partial charge in [-0.15, -0.1) is 0 Å². The minimum absolute atomic E-state index is 0.526. The van der Waals surface area contributed by atoms with Gasteiger partial charge in [0, 0.05) is 36.6 Å². The summed E-state index contributed by atoms with van der Waals surface area (Å²) in [5.74, 6) is 1.81. The predicted octanol–water partition coefficient (Wildman–Crippen LogP) is 4.69. The van der Waals surface area contributed by atoms with Crippen molar-refractivity contribution in [3.63, 3.8) is 0 Å². The average Bonchev–Trinajstić information content (AvgIpc) is 3.35. The second-order valence-electron chi connectivity index (χ2n) is 6.45. The van der Waals surface area contributed by atoms with E-state index in [2.05, 4.69) is 16.2 Å². The van der Waals surface area contributed by atoms with Crippen molar-refractivity contribution in [1.82, 2.24) is 14.8 Å². The molecule has 5 rings (SSSR count). The van der Waals surface area contributed by atoms with Crippen LogP contribution in [-0.2, 0) is 16.5 Å². The number of rotatable bonds is 3. The molecule has 1 aliphatic heterocycles. The van der Waals surface area contributed by atoms with Crippen LogP contribution in [0.4, 0.5) is 0 Å². The number of hydrogen-bond acceptors (Lipinski definition) is 5. The summed E-state index contributed by atoms with van der Waals surface area (Å²) in [4.78, 5) is 4.42. The van der Waals surface area contributed by atoms with E-state index in [0.29, 0.717) is 22.9 Å². The second kappa shape index (κ2) is 6.32. The van der Waals surface area contributed by atoms with Crippen molar-refractivity contribution in [2.45, 2.75) is 12.8 Å². The third-order valence-corrected chi connectivity index (χ3v) is 4.57. The van der Waals surface area contributed by atoms with E-state index in [1.807, 2.05) is 37.5 Å². The molecule has 0 amide bonds. The van der Waals surface area contributed by atoms with Gasteiger partial charge in [0.05, 0.1) is 6.20 Å². The summed E-state index contributed by atoms with van der Waals surface area (Å²) in [5, 5.41) is 4.24. The van der Waals surface area contributed by atoms with Gasteiger partial charge in [0.15, 0.2) is 17.1 Å². The summed E-state index contributed by atoms with van der Waals surface area (Å²) in [5.41, 5.74) is 4.47. The highest BCUT2D eigenvalue weighted by Gasteiger charge is 2.21. The maximum Gasteiger partial charge on any atom is 0.205 e. The van der Waals surface area contributed by atoms with Crippen LogP contribution in [0.3, 0.4) is 0 Å². The lowest BCUT2D eigenvalue weighted by Crippen LogP contribution is -2.02. The van der Waals surface area contributed by atoms with Crippen LogP contribution in [0.1, 0.15) is 18.6 Å². The van der Waals surface area contributed by atoms with E-state index < -0.39 is 0 Å². The number of pyridine rings is 1. The molecule has 6 nitrogen and oxygen atoms in total. The van der Waals surface area contributed by atoms with Gasteiger partial charge in [-0.3, -0.25) is 9.67 Å². The van der Waals surface area contributed by atoms with Crippen LogP contribution in [0.2, 0.25) is 0 Å². The monoisotopic (exact) mass is 359 g/mol. The van der Waals surface area contributed by atoms with Gasteiger partial charge < -0.3 is 13.9 Å². The smallest absolute Gasteiger partial charge is 0.205 e. The fraction of sp³-hybridized carbons (Fsp3) is 0.143. The number of aryl methyl sites for hydroxylation is 1. The molecule has 3 aromatic heterocycles. The van der Waals surface area contributed by atoms with Gasteiger partial charge in [-0.1, -0.05) is 18.2 Å². The van der Waals surface area contributed by atoms with E-state index in [1.54, 1.807) is 29.6 Å². The highest BCUT2D eigenvalue weighted by atomic mass is 16.5. The molecule has 0 radical (unpaired) electrons. The summed E-state index contributed by atoms with van der Waals surface area (Å²) in [6.45, 7) is 0. The summed E-state index contributed by atoms with van der Waals surface area (Å²) >= 11 is 0. The van der Waals surface area contributed by atoms with E-state index in [1.165, 1.54) is 0 Å². The van der Waals surface area contributed by atoms with Crippen LogP contribution < -0.4 is 0 Å². The minimum Gasteiger partial charge on any atom is -0.465 e. The van der Waals surface area contributed by atoms with Crippen molar-refractivity contribution in [3.8, 4) is 11.1 Å². The maximum absolute atomic E-state index is 6.10. The molecule has 4 heterocycles. The quantitative estimate of drug-likeness (QED) is 0.679. The largest absolute Gasteiger partial charge is 0.465 e. The molecular formula is C21H17N3O3. The molecule has 2 aliphatic rings. The Kier molecular flexibility index (Phi) is 3.67. The average molecular weight is 359 g/mol. The summed E-state index contributed by atoms with van der Waals surface area (Å²) < 4.78 is 19.4. The third kappa shape index (κ3) is 2.85. The standard InChI is InChI=1S/C21H17N3O3/c1-24-11-15(10-23-24)16-7-8-22-17-9-18(27-21(16)17)20-13-25-12-19(26-20)14-5-3-2-4-6-14/h2-3,5,7-13H,4,6H2,1H3. The predicted molar refractivity (Wildman–Crippen MR) is 101 cm³/mol. The molecule has 134 valence electrons. The first-order valence-electron chi connectivity index (χ1n) is 8.75. The highest BCUT2D eigenvalue weighted by Crippen LogP contribution is 2.35. The third-order valence-electron chi connectivity index (χ3n) is 4.57. The van der Waals surface area contributed by atoms with Crippen molar-refractivity contribution < 1.29 is 13.9 Å². The maximum atomic E-state index is 6.10. The molecule has 1 aliphatic carbocycles. The molecular weight excluding hydrogens is 342 g/mol. The lowest BCUT2D eigenvalue weighted by molar-refractivity contribution is 0.278. The molecule has 27 heavy (non-hydrogen) atoms. The van der Waals surface area contributed by atoms with E-state index in [4.69, 9.17) is 13.9 Å². The Bertz CT molecular complexity index is 1140. The van der Waals surface area contributed by atoms with Gasteiger partial charge in [-0.2, -0.15) is 5.10 Å². The Morgan fingerprint density at radius 1 is 1.19 bits per heavy atom. The van der Waals surface area contributed by atoms with Crippen molar-refractivity contribution in [2.75, 3.05) is 0 Å². The SMILES string of the molecule is Cn1cc(-c2ccnc3cc(C4=COC=C(C5=CC=CCC5)O4)oc23)cn1. The molecule has 0 N–H and O–H groups in total. The number of furan rings is 1. The Balaban J connectivity index is 1.50. The van der Waals surface area contributed by atoms with Crippen molar-refractivity contribution in [1.29, 1.82) is 0 Å². The van der Waals surface area contributed by atoms with Crippen LogP contribution in [-0.4, -0.2) is 14.8 Å². The molecule has 0 atom stereocenters. The topological polar surface area (TPSA) is 62.3 Å². The molecule has 0 fully saturated rings. The van der Waals surface area contributed by atoms with Crippen molar-refractivity contribution in [2.24, 2.45) is 7.05 Å². The fourth-order valence-corrected chi connectivity index (χ4v) is 3.23. The van der Waals surface area contributed by atoms with Crippen LogP contribution >= 0.6 is 0 Å². The zero-order valence-corrected chi connectivity index (χ0v) is 14.8. The van der Waals surface area contributed by atoms with Crippen LogP contribution in [0.5, 0.6) is 0 Å². The number of aromatic nitrogens is 3. The Hall–Kier alpha value is -3.54. The Labute approximate surface area is 155 Å². The molecule has 0 spiro atoms. The van der Waals surface area contributed by atoms with E-state index in [-0.39, 0.29) is 0 Å². The van der Waals surface area contributed by atoms with Gasteiger partial charge in [-0.25, -0.2) is 0 Å². The normalized spacial score (nSPS) is 16.4. The van der Waals surface area contributed by atoms with Crippen molar-refractivity contribution >= 4 is 16.9 Å². The first-order valence-corrected chi connectivity index (χ1v) is 8.75. The summed E-state index contributed by atoms with van der Waals surface area (Å²) in [6.07, 6.45) is 16.8. The summed E-state index contributed by atoms with van der Waals surface area (Å²) in [7, 11) is 1.89. The number of ether oxygens (including phenoxy) is 2. The summed E-state index contributed by atoms with van der Waals surface area (Å²) in [6, 6.07) is 3.78. The van der Waals surface area contributed by atoms with Gasteiger partial charge in [0.1, 0.15) is 18.0 Å². The van der Waals surface area contributed by atoms with Gasteiger partial charge in [0.25, 0.3) is 0 Å². The Morgan fingerprint density at radius 2 is 2.11 bits per heavy atom. The molecule has 0 bridgehead atoms. The molecule has 0 saturated carbocycles. The minimum atomic E-state index is 0.526. The van der Waals surface area contributed by atoms with Crippen LogP contribution in [0.25, 0.3) is 28.0 Å². The van der Waals surface area contributed by atoms with Crippen LogP contribution in [0, 0.1) is 0 Å². The molecule has 0 saturated heterocycles. The molecule has 0 unspecified atom stereocenters. The number of fused-ring (bicyclic) bond motifs is 1. The number of allylic oxidation sites excluding steroid dienone is 4. The van der Waals surface area contributed by atoms with Gasteiger partial charge in [0.2, 0.25) is 5.76 Å². The lowest BCUT2D eigenvalue weighted by atomic mass is 10.0. The van der Waals surface area contributed by atoms with Crippen molar-refractivity contribution in [3.05, 3.63) is 78.6 Å². The zero-order chi connectivity index (χ0) is 18.2. The first kappa shape index (κ1) is 15.7. The molecule has 0 aromatic carbocycles. The molecule has 3 aromatic rings. The highest BCUT2D eigenvalue weighted by molar-refractivity contribution is 5.91. The van der Waals surface area contributed by atoms with E-state index in [0.717, 1.165) is 35.1 Å². The van der Waals surface area contributed by atoms with E-state index in [9.17, 15) is 0 Å². The lowest BCUT2D eigenvalue weighted by Gasteiger charge is -2.18. The second-order valence-corrected chi connectivity index (χ2v) is 6.45. The van der Waals surface area contributed by atoms with Gasteiger partial charge >= 0.3 is 0 Å². The Morgan fingerprint density at radius 3 is 2.93 bits per heavy atom. The first-order chi connectivity index (χ1) is 13.3.